The average molecular weight is 332 g/mol. The Bertz CT molecular complexity index is 817. The van der Waals surface area contributed by atoms with Gasteiger partial charge in [-0.2, -0.15) is 5.10 Å². The molecule has 0 unspecified atom stereocenters. The highest BCUT2D eigenvalue weighted by Gasteiger charge is 2.24. The van der Waals surface area contributed by atoms with Crippen LogP contribution in [0.5, 0.6) is 0 Å². The van der Waals surface area contributed by atoms with Crippen molar-refractivity contribution >= 4 is 0 Å². The quantitative estimate of drug-likeness (QED) is 0.780. The van der Waals surface area contributed by atoms with E-state index in [2.05, 4.69) is 63.4 Å². The summed E-state index contributed by atoms with van der Waals surface area (Å²) >= 11 is 0. The highest BCUT2D eigenvalue weighted by Crippen LogP contribution is 2.35. The summed E-state index contributed by atoms with van der Waals surface area (Å²) in [5, 5.41) is 7.64. The van der Waals surface area contributed by atoms with Crippen molar-refractivity contribution in [3.8, 4) is 11.1 Å². The van der Waals surface area contributed by atoms with Gasteiger partial charge in [0.15, 0.2) is 0 Å². The van der Waals surface area contributed by atoms with Crippen molar-refractivity contribution in [2.75, 3.05) is 13.1 Å². The summed E-state index contributed by atoms with van der Waals surface area (Å²) in [7, 11) is 0. The molecule has 0 atom stereocenters. The summed E-state index contributed by atoms with van der Waals surface area (Å²) in [6.45, 7) is 5.32. The summed E-state index contributed by atoms with van der Waals surface area (Å²) in [5.41, 5.74) is 6.32. The van der Waals surface area contributed by atoms with Gasteiger partial charge in [-0.25, -0.2) is 0 Å². The number of nitrogens with one attached hydrogen (secondary N) is 1. The van der Waals surface area contributed by atoms with Crippen molar-refractivity contribution in [3.63, 3.8) is 0 Å². The molecule has 0 aliphatic carbocycles. The predicted octanol–water partition coefficient (Wildman–Crippen LogP) is 4.16. The molecule has 25 heavy (non-hydrogen) atoms. The van der Waals surface area contributed by atoms with Crippen molar-refractivity contribution in [2.45, 2.75) is 32.2 Å². The maximum atomic E-state index is 4.45. The molecule has 4 nitrogen and oxygen atoms in total. The van der Waals surface area contributed by atoms with E-state index < -0.39 is 0 Å². The zero-order valence-electron chi connectivity index (χ0n) is 14.7. The normalized spacial score (nSPS) is 16.2. The maximum Gasteiger partial charge on any atom is 0.0568 e. The van der Waals surface area contributed by atoms with E-state index >= 15 is 0 Å². The van der Waals surface area contributed by atoms with Crippen LogP contribution in [-0.4, -0.2) is 33.2 Å². The highest BCUT2D eigenvalue weighted by atomic mass is 15.1. The van der Waals surface area contributed by atoms with Crippen molar-refractivity contribution in [1.29, 1.82) is 0 Å². The second kappa shape index (κ2) is 7.19. The zero-order chi connectivity index (χ0) is 17.1. The Kier molecular flexibility index (Phi) is 4.61. The molecule has 0 bridgehead atoms. The largest absolute Gasteiger partial charge is 0.297 e. The first-order chi connectivity index (χ1) is 12.3. The first-order valence-corrected chi connectivity index (χ1v) is 9.03. The third-order valence-corrected chi connectivity index (χ3v) is 5.21. The number of hydrogen-bond acceptors (Lipinski definition) is 3. The van der Waals surface area contributed by atoms with Crippen LogP contribution in [-0.2, 0) is 6.54 Å². The van der Waals surface area contributed by atoms with Crippen LogP contribution < -0.4 is 0 Å². The fourth-order valence-corrected chi connectivity index (χ4v) is 3.80. The number of benzene rings is 1. The Morgan fingerprint density at radius 3 is 2.60 bits per heavy atom. The molecule has 1 aliphatic heterocycles. The third kappa shape index (κ3) is 3.49. The molecule has 3 aromatic rings. The Balaban J connectivity index is 1.45. The van der Waals surface area contributed by atoms with Gasteiger partial charge in [0.05, 0.1) is 11.9 Å². The van der Waals surface area contributed by atoms with Crippen LogP contribution in [0.2, 0.25) is 0 Å². The Morgan fingerprint density at radius 2 is 1.84 bits per heavy atom. The number of likely N-dealkylation sites (tertiary alicyclic amines) is 1. The van der Waals surface area contributed by atoms with Gasteiger partial charge < -0.3 is 0 Å². The van der Waals surface area contributed by atoms with Crippen molar-refractivity contribution < 1.29 is 0 Å². The van der Waals surface area contributed by atoms with E-state index in [0.29, 0.717) is 5.92 Å². The second-order valence-electron chi connectivity index (χ2n) is 6.88. The lowest BCUT2D eigenvalue weighted by Gasteiger charge is -2.31. The molecule has 2 aromatic heterocycles. The fourth-order valence-electron chi connectivity index (χ4n) is 3.80. The molecule has 1 fully saturated rings. The summed E-state index contributed by atoms with van der Waals surface area (Å²) < 4.78 is 0. The molecule has 1 aliphatic rings. The van der Waals surface area contributed by atoms with Gasteiger partial charge in [0.1, 0.15) is 0 Å². The molecule has 0 amide bonds. The number of pyridine rings is 1. The molecule has 3 heterocycles. The second-order valence-corrected chi connectivity index (χ2v) is 6.88. The summed E-state index contributed by atoms with van der Waals surface area (Å²) in [4.78, 5) is 6.95. The van der Waals surface area contributed by atoms with Crippen LogP contribution in [0.3, 0.4) is 0 Å². The number of aromatic amines is 1. The van der Waals surface area contributed by atoms with E-state index in [1.807, 2.05) is 18.5 Å². The Hall–Kier alpha value is -2.46. The first-order valence-electron chi connectivity index (χ1n) is 9.03. The lowest BCUT2D eigenvalue weighted by Crippen LogP contribution is -2.33. The van der Waals surface area contributed by atoms with Crippen LogP contribution in [0.1, 0.15) is 35.7 Å². The number of hydrogen-bond donors (Lipinski definition) is 1. The lowest BCUT2D eigenvalue weighted by atomic mass is 9.88. The molecule has 1 saturated heterocycles. The monoisotopic (exact) mass is 332 g/mol. The van der Waals surface area contributed by atoms with Gasteiger partial charge in [-0.05, 0) is 56.1 Å². The predicted molar refractivity (Wildman–Crippen MR) is 100 cm³/mol. The van der Waals surface area contributed by atoms with E-state index in [9.17, 15) is 0 Å². The maximum absolute atomic E-state index is 4.45. The molecule has 0 radical (unpaired) electrons. The van der Waals surface area contributed by atoms with Crippen molar-refractivity contribution in [3.05, 3.63) is 71.8 Å². The molecule has 1 aromatic carbocycles. The zero-order valence-corrected chi connectivity index (χ0v) is 14.7. The molecule has 4 rings (SSSR count). The summed E-state index contributed by atoms with van der Waals surface area (Å²) in [6.07, 6.45) is 6.18. The molecule has 0 saturated carbocycles. The topological polar surface area (TPSA) is 44.8 Å². The van der Waals surface area contributed by atoms with Gasteiger partial charge in [0.2, 0.25) is 0 Å². The SMILES string of the molecule is Cc1ccccc1-c1cn[nH]c1C1CCN(Cc2ccccn2)CC1. The number of H-pyrrole nitrogens is 1. The van der Waals surface area contributed by atoms with Crippen LogP contribution in [0.25, 0.3) is 11.1 Å². The van der Waals surface area contributed by atoms with E-state index in [1.54, 1.807) is 0 Å². The number of aromatic nitrogens is 3. The highest BCUT2D eigenvalue weighted by molar-refractivity contribution is 5.69. The number of rotatable bonds is 4. The number of aryl methyl sites for hydroxylation is 1. The van der Waals surface area contributed by atoms with Crippen molar-refractivity contribution in [1.82, 2.24) is 20.1 Å². The van der Waals surface area contributed by atoms with E-state index in [0.717, 1.165) is 38.2 Å². The van der Waals surface area contributed by atoms with E-state index in [1.165, 1.54) is 22.4 Å². The molecular formula is C21H24N4. The van der Waals surface area contributed by atoms with Gasteiger partial charge in [-0.1, -0.05) is 30.3 Å². The van der Waals surface area contributed by atoms with Crippen LogP contribution in [0.15, 0.2) is 54.9 Å². The summed E-state index contributed by atoms with van der Waals surface area (Å²) in [5.74, 6) is 0.553. The van der Waals surface area contributed by atoms with E-state index in [4.69, 9.17) is 0 Å². The van der Waals surface area contributed by atoms with Crippen LogP contribution >= 0.6 is 0 Å². The molecule has 4 heteroatoms. The molecular weight excluding hydrogens is 308 g/mol. The van der Waals surface area contributed by atoms with Gasteiger partial charge >= 0.3 is 0 Å². The third-order valence-electron chi connectivity index (χ3n) is 5.21. The van der Waals surface area contributed by atoms with E-state index in [-0.39, 0.29) is 0 Å². The molecule has 0 spiro atoms. The number of piperidine rings is 1. The molecule has 1 N–H and O–H groups in total. The Morgan fingerprint density at radius 1 is 1.04 bits per heavy atom. The minimum Gasteiger partial charge on any atom is -0.297 e. The van der Waals surface area contributed by atoms with Crippen molar-refractivity contribution in [2.24, 2.45) is 0 Å². The minimum absolute atomic E-state index is 0.553. The standard InChI is InChI=1S/C21H24N4/c1-16-6-2-3-8-19(16)20-14-23-24-21(20)17-9-12-25(13-10-17)15-18-7-4-5-11-22-18/h2-8,11,14,17H,9-10,12-13,15H2,1H3,(H,23,24). The van der Waals surface area contributed by atoms with Gasteiger partial charge in [-0.15, -0.1) is 0 Å². The van der Waals surface area contributed by atoms with Gasteiger partial charge in [-0.3, -0.25) is 15.0 Å². The fraction of sp³-hybridized carbons (Fsp3) is 0.333. The van der Waals surface area contributed by atoms with Gasteiger partial charge in [0.25, 0.3) is 0 Å². The average Bonchev–Trinajstić information content (AvgIpc) is 3.13. The first kappa shape index (κ1) is 16.0. The molecule has 128 valence electrons. The lowest BCUT2D eigenvalue weighted by molar-refractivity contribution is 0.201. The van der Waals surface area contributed by atoms with Crippen LogP contribution in [0.4, 0.5) is 0 Å². The smallest absolute Gasteiger partial charge is 0.0568 e. The number of nitrogens with zero attached hydrogens (tertiary/aromatic N) is 3. The Labute approximate surface area is 148 Å². The summed E-state index contributed by atoms with van der Waals surface area (Å²) in [6, 6.07) is 14.7. The van der Waals surface area contributed by atoms with Crippen LogP contribution in [0, 0.1) is 6.92 Å². The minimum atomic E-state index is 0.553. The van der Waals surface area contributed by atoms with Gasteiger partial charge in [0, 0.05) is 29.9 Å².